The Balaban J connectivity index is 0.000000822. The van der Waals surface area contributed by atoms with Gasteiger partial charge in [-0.25, -0.2) is 4.79 Å². The molecule has 1 aliphatic heterocycles. The number of likely N-dealkylation sites (N-methyl/N-ethyl adjacent to an activating group) is 1. The van der Waals surface area contributed by atoms with Gasteiger partial charge in [0.05, 0.1) is 35.3 Å². The number of terminal acetylenes is 1. The zero-order valence-corrected chi connectivity index (χ0v) is 48.4. The van der Waals surface area contributed by atoms with Crippen molar-refractivity contribution < 1.29 is 19.1 Å². The minimum Gasteiger partial charge on any atom is -0.401 e. The molecule has 3 amide bonds. The van der Waals surface area contributed by atoms with Crippen molar-refractivity contribution in [3.63, 3.8) is 0 Å². The molecule has 1 saturated heterocycles. The van der Waals surface area contributed by atoms with Crippen molar-refractivity contribution in [1.82, 2.24) is 29.7 Å². The number of ketones is 1. The number of aromatic nitrogens is 2. The van der Waals surface area contributed by atoms with E-state index in [0.29, 0.717) is 38.2 Å². The minimum absolute atomic E-state index is 0.0130. The number of nitrogens with two attached hydrogens (primary N) is 3. The summed E-state index contributed by atoms with van der Waals surface area (Å²) in [7, 11) is 4.99. The molecular formula is C60H98N10O4. The number of carbonyl (C=O) groups excluding carboxylic acids is 3. The zero-order chi connectivity index (χ0) is 56.3. The average Bonchev–Trinajstić information content (AvgIpc) is 4.00. The van der Waals surface area contributed by atoms with Crippen LogP contribution < -0.4 is 22.7 Å². The van der Waals surface area contributed by atoms with Gasteiger partial charge in [0, 0.05) is 105 Å². The number of aliphatic imine (C=N–C) groups is 1. The molecule has 1 aliphatic rings. The number of likely N-dealkylation sites (tertiary alicyclic amines) is 1. The van der Waals surface area contributed by atoms with Crippen molar-refractivity contribution in [3.8, 4) is 23.6 Å². The van der Waals surface area contributed by atoms with Crippen LogP contribution in [-0.4, -0.2) is 107 Å². The summed E-state index contributed by atoms with van der Waals surface area (Å²) in [5.74, 6) is 8.52. The Bertz CT molecular complexity index is 2340. The number of hydrogen-bond acceptors (Lipinski definition) is 10. The first-order valence-corrected chi connectivity index (χ1v) is 27.0. The Hall–Kier alpha value is -5.59. The molecule has 0 bridgehead atoms. The molecule has 0 spiro atoms. The van der Waals surface area contributed by atoms with Crippen LogP contribution in [0.3, 0.4) is 0 Å². The first-order valence-electron chi connectivity index (χ1n) is 27.0. The molecule has 4 unspecified atom stereocenters. The van der Waals surface area contributed by atoms with Crippen LogP contribution in [0.2, 0.25) is 0 Å². The lowest BCUT2D eigenvalue weighted by Gasteiger charge is -2.34. The number of nitrogens with zero attached hydrogens (tertiary/aromatic N) is 6. The van der Waals surface area contributed by atoms with Crippen LogP contribution in [0, 0.1) is 29.6 Å². The van der Waals surface area contributed by atoms with E-state index in [1.54, 1.807) is 24.0 Å². The number of fused-ring (bicyclic) bond motifs is 1. The highest BCUT2D eigenvalue weighted by Crippen LogP contribution is 2.42. The summed E-state index contributed by atoms with van der Waals surface area (Å²) >= 11 is 0. The fourth-order valence-corrected chi connectivity index (χ4v) is 9.77. The van der Waals surface area contributed by atoms with Crippen LogP contribution in [0.5, 0.6) is 0 Å². The number of methoxy groups -OCH3 is 1. The number of rotatable bonds is 25. The third-order valence-electron chi connectivity index (χ3n) is 13.5. The quantitative estimate of drug-likeness (QED) is 0.0160. The fraction of sp³-hybridized carbons (Fsp3) is 0.583. The molecule has 7 N–H and O–H groups in total. The second-order valence-electron chi connectivity index (χ2n) is 19.9. The molecule has 3 aromatic rings. The summed E-state index contributed by atoms with van der Waals surface area (Å²) in [6.07, 6.45) is 17.9. The number of urea groups is 1. The van der Waals surface area contributed by atoms with Crippen molar-refractivity contribution in [2.24, 2.45) is 39.6 Å². The number of aryl methyl sites for hydroxylation is 1. The van der Waals surface area contributed by atoms with E-state index in [1.807, 2.05) is 79.5 Å². The standard InChI is InChI=1S/C39H55N5O2.C18H32N4O2.C2H6.CH5N/c1-10-13-21-39(7,8)26-33-32-25-30(34(11-2)43-28(5)24-27(4)36(45)18-14-15-23-42-40)19-20-35(32)44(12-3)38(33)31-17-16-22-41-37(31)29(6)46-9;1-7-10-22(16(23)8-2)15-9-11-21(12-15)18(24)20(6)17(13(3)4)14(5)19;2*1-2/h1,11,16-17,19-20,22,25,27,29,42H,12-15,18,21,23-24,26,40H2,2-9H3;8,13,15,17H,2,5,7,9-12,19H2,1,3-4,6H3;1-2H3;2H2,1H3/b34-11-,43-28?;;;. The van der Waals surface area contributed by atoms with Crippen molar-refractivity contribution in [3.05, 3.63) is 84.4 Å². The topological polar surface area (TPSA) is 190 Å². The van der Waals surface area contributed by atoms with E-state index < -0.39 is 0 Å². The van der Waals surface area contributed by atoms with Gasteiger partial charge in [-0.2, -0.15) is 0 Å². The number of allylic oxidation sites excluding steroid dienone is 1. The van der Waals surface area contributed by atoms with Gasteiger partial charge in [-0.05, 0) is 127 Å². The van der Waals surface area contributed by atoms with Gasteiger partial charge in [0.2, 0.25) is 5.91 Å². The van der Waals surface area contributed by atoms with Gasteiger partial charge in [-0.1, -0.05) is 80.7 Å². The number of Topliss-reactive ketones (excluding diaryl/α,β-unsaturated/α-hetero) is 1. The molecular weight excluding hydrogens is 925 g/mol. The Labute approximate surface area is 447 Å². The molecule has 4 atom stereocenters. The van der Waals surface area contributed by atoms with Crippen molar-refractivity contribution >= 4 is 40.0 Å². The number of amides is 3. The molecule has 4 rings (SSSR count). The Morgan fingerprint density at radius 2 is 1.80 bits per heavy atom. The number of hydrazine groups is 1. The van der Waals surface area contributed by atoms with Crippen molar-refractivity contribution in [1.29, 1.82) is 0 Å². The normalized spacial score (nSPS) is 14.8. The Morgan fingerprint density at radius 3 is 2.35 bits per heavy atom. The monoisotopic (exact) mass is 1020 g/mol. The Kier molecular flexibility index (Phi) is 30.6. The first-order chi connectivity index (χ1) is 35.2. The molecule has 3 heterocycles. The number of ether oxygens (including phenoxy) is 1. The molecule has 0 aliphatic carbocycles. The number of unbranched alkanes of at least 4 members (excludes halogenated alkanes) is 1. The highest BCUT2D eigenvalue weighted by Gasteiger charge is 2.35. The summed E-state index contributed by atoms with van der Waals surface area (Å²) in [4.78, 5) is 52.7. The molecule has 0 saturated carbocycles. The molecule has 1 fully saturated rings. The maximum Gasteiger partial charge on any atom is 0.320 e. The number of benzene rings is 1. The molecule has 412 valence electrons. The van der Waals surface area contributed by atoms with E-state index in [1.165, 1.54) is 35.3 Å². The van der Waals surface area contributed by atoms with Gasteiger partial charge in [-0.15, -0.1) is 12.3 Å². The van der Waals surface area contributed by atoms with Crippen LogP contribution in [0.15, 0.2) is 72.5 Å². The third kappa shape index (κ3) is 19.0. The van der Waals surface area contributed by atoms with Crippen LogP contribution in [-0.2, 0) is 27.3 Å². The van der Waals surface area contributed by atoms with Crippen LogP contribution in [0.4, 0.5) is 4.79 Å². The van der Waals surface area contributed by atoms with Crippen LogP contribution in [0.25, 0.3) is 27.9 Å². The van der Waals surface area contributed by atoms with E-state index in [2.05, 4.69) is 85.9 Å². The predicted molar refractivity (Wildman–Crippen MR) is 312 cm³/mol. The summed E-state index contributed by atoms with van der Waals surface area (Å²) in [5.41, 5.74) is 22.1. The zero-order valence-electron chi connectivity index (χ0n) is 48.4. The number of pyridine rings is 1. The maximum atomic E-state index is 12.8. The molecule has 1 aromatic carbocycles. The average molecular weight is 1020 g/mol. The highest BCUT2D eigenvalue weighted by atomic mass is 16.5. The SMILES string of the molecule is C#CCCC(C)(C)Cc1c(-c2cccnc2C(C)OC)n(CC)c2ccc(/C(=C/C)N=C(C)CC(C)C(=O)CCCCNN)cc12.C=CC(=O)N(CCC)C1CCN(C(=O)N(C)C(C(=C)N)C(C)C)C1.CC.CN. The maximum absolute atomic E-state index is 12.8. The van der Waals surface area contributed by atoms with Gasteiger partial charge >= 0.3 is 6.03 Å². The van der Waals surface area contributed by atoms with Crippen LogP contribution in [0.1, 0.15) is 157 Å². The smallest absolute Gasteiger partial charge is 0.320 e. The van der Waals surface area contributed by atoms with Gasteiger partial charge in [0.1, 0.15) is 5.78 Å². The van der Waals surface area contributed by atoms with Crippen molar-refractivity contribution in [2.75, 3.05) is 47.4 Å². The predicted octanol–water partition coefficient (Wildman–Crippen LogP) is 11.1. The highest BCUT2D eigenvalue weighted by molar-refractivity contribution is 5.96. The number of hydrogen-bond donors (Lipinski definition) is 4. The van der Waals surface area contributed by atoms with Gasteiger partial charge in [0.25, 0.3) is 0 Å². The van der Waals surface area contributed by atoms with E-state index in [9.17, 15) is 14.4 Å². The number of carbonyl (C=O) groups is 3. The van der Waals surface area contributed by atoms with E-state index in [-0.39, 0.29) is 53.2 Å². The van der Waals surface area contributed by atoms with E-state index >= 15 is 0 Å². The lowest BCUT2D eigenvalue weighted by molar-refractivity contribution is -0.128. The largest absolute Gasteiger partial charge is 0.401 e. The lowest BCUT2D eigenvalue weighted by atomic mass is 9.80. The number of nitrogens with one attached hydrogen (secondary N) is 1. The third-order valence-corrected chi connectivity index (χ3v) is 13.5. The molecule has 14 nitrogen and oxygen atoms in total. The van der Waals surface area contributed by atoms with E-state index in [4.69, 9.17) is 32.7 Å². The summed E-state index contributed by atoms with van der Waals surface area (Å²) in [6, 6.07) is 10.6. The minimum atomic E-state index is -0.196. The molecule has 2 aromatic heterocycles. The van der Waals surface area contributed by atoms with Gasteiger partial charge < -0.3 is 35.5 Å². The second-order valence-corrected chi connectivity index (χ2v) is 19.9. The van der Waals surface area contributed by atoms with Crippen molar-refractivity contribution in [2.45, 2.75) is 166 Å². The Morgan fingerprint density at radius 1 is 1.12 bits per heavy atom. The van der Waals surface area contributed by atoms with Gasteiger partial charge in [0.15, 0.2) is 0 Å². The lowest BCUT2D eigenvalue weighted by Crippen LogP contribution is -2.50. The van der Waals surface area contributed by atoms with Crippen LogP contribution >= 0.6 is 0 Å². The summed E-state index contributed by atoms with van der Waals surface area (Å²) in [5, 5.41) is 1.21. The first kappa shape index (κ1) is 66.4. The summed E-state index contributed by atoms with van der Waals surface area (Å²) in [6.45, 7) is 35.8. The van der Waals surface area contributed by atoms with Gasteiger partial charge in [-0.3, -0.25) is 30.8 Å². The second kappa shape index (κ2) is 34.1. The molecule has 14 heteroatoms. The van der Waals surface area contributed by atoms with E-state index in [0.717, 1.165) is 86.3 Å². The summed E-state index contributed by atoms with van der Waals surface area (Å²) < 4.78 is 8.18. The fourth-order valence-electron chi connectivity index (χ4n) is 9.77. The molecule has 0 radical (unpaired) electrons. The molecule has 74 heavy (non-hydrogen) atoms.